The lowest BCUT2D eigenvalue weighted by atomic mass is 10.2. The molecule has 1 aromatic heterocycles. The Morgan fingerprint density at radius 2 is 1.94 bits per heavy atom. The lowest BCUT2D eigenvalue weighted by Gasteiger charge is -2.16. The molecule has 4 nitrogen and oxygen atoms in total. The second-order valence-corrected chi connectivity index (χ2v) is 4.35. The second kappa shape index (κ2) is 4.20. The molecule has 2 rings (SSSR count). The monoisotopic (exact) mass is 231 g/mol. The second-order valence-electron chi connectivity index (χ2n) is 4.35. The topological polar surface area (TPSA) is 50.8 Å². The zero-order chi connectivity index (χ0) is 12.6. The Bertz CT molecular complexity index is 664. The summed E-state index contributed by atoms with van der Waals surface area (Å²) < 4.78 is 3.39. The quantitative estimate of drug-likeness (QED) is 0.843. The molecule has 1 N–H and O–H groups in total. The van der Waals surface area contributed by atoms with Gasteiger partial charge in [0, 0.05) is 12.6 Å². The lowest BCUT2D eigenvalue weighted by Crippen LogP contribution is -2.41. The molecule has 4 heteroatoms. The van der Waals surface area contributed by atoms with Gasteiger partial charge in [-0.15, -0.1) is 0 Å². The van der Waals surface area contributed by atoms with Crippen LogP contribution in [0, 0.1) is 5.41 Å². The predicted octanol–water partition coefficient (Wildman–Crippen LogP) is 1.88. The largest absolute Gasteiger partial charge is 0.312 e. The van der Waals surface area contributed by atoms with Crippen molar-refractivity contribution in [3.8, 4) is 0 Å². The van der Waals surface area contributed by atoms with Crippen molar-refractivity contribution >= 4 is 10.9 Å². The summed E-state index contributed by atoms with van der Waals surface area (Å²) in [6, 6.07) is 7.47. The van der Waals surface area contributed by atoms with Crippen LogP contribution in [0.4, 0.5) is 0 Å². The fourth-order valence-corrected chi connectivity index (χ4v) is 2.16. The van der Waals surface area contributed by atoms with Gasteiger partial charge in [-0.2, -0.15) is 0 Å². The number of benzene rings is 1. The van der Waals surface area contributed by atoms with Crippen molar-refractivity contribution in [3.63, 3.8) is 0 Å². The molecule has 1 aromatic carbocycles. The van der Waals surface area contributed by atoms with E-state index in [-0.39, 0.29) is 17.2 Å². The van der Waals surface area contributed by atoms with Gasteiger partial charge < -0.3 is 4.57 Å². The molecule has 0 radical (unpaired) electrons. The number of hydrogen-bond donors (Lipinski definition) is 1. The molecule has 0 aliphatic heterocycles. The minimum Gasteiger partial charge on any atom is -0.312 e. The molecule has 0 aliphatic rings. The molecule has 0 amide bonds. The highest BCUT2D eigenvalue weighted by molar-refractivity contribution is 5.77. The molecule has 0 saturated carbocycles. The standard InChI is InChI=1S/C13H17N3O/c1-4-15-11-8-6-5-7-10(11)12(17)16(9(2)3)13(15)14/h5-9,14H,4H2,1-3H3. The lowest BCUT2D eigenvalue weighted by molar-refractivity contribution is 0.501. The van der Waals surface area contributed by atoms with Crippen LogP contribution in [0.3, 0.4) is 0 Å². The van der Waals surface area contributed by atoms with Crippen molar-refractivity contribution in [1.29, 1.82) is 5.41 Å². The van der Waals surface area contributed by atoms with Crippen molar-refractivity contribution in [2.24, 2.45) is 0 Å². The average Bonchev–Trinajstić information content (AvgIpc) is 2.29. The van der Waals surface area contributed by atoms with Gasteiger partial charge in [0.25, 0.3) is 5.56 Å². The van der Waals surface area contributed by atoms with E-state index in [4.69, 9.17) is 5.41 Å². The number of aromatic nitrogens is 2. The third-order valence-corrected chi connectivity index (χ3v) is 2.96. The Balaban J connectivity index is 3.06. The minimum absolute atomic E-state index is 0.00240. The van der Waals surface area contributed by atoms with E-state index in [9.17, 15) is 4.79 Å². The molecular weight excluding hydrogens is 214 g/mol. The average molecular weight is 231 g/mol. The van der Waals surface area contributed by atoms with Gasteiger partial charge in [0.1, 0.15) is 0 Å². The Morgan fingerprint density at radius 1 is 1.29 bits per heavy atom. The van der Waals surface area contributed by atoms with E-state index in [1.54, 1.807) is 0 Å². The highest BCUT2D eigenvalue weighted by atomic mass is 16.1. The molecule has 0 saturated heterocycles. The highest BCUT2D eigenvalue weighted by Gasteiger charge is 2.11. The van der Waals surface area contributed by atoms with Gasteiger partial charge in [-0.25, -0.2) is 0 Å². The smallest absolute Gasteiger partial charge is 0.262 e. The van der Waals surface area contributed by atoms with Crippen molar-refractivity contribution in [2.45, 2.75) is 33.4 Å². The maximum Gasteiger partial charge on any atom is 0.262 e. The van der Waals surface area contributed by atoms with Crippen LogP contribution in [0.15, 0.2) is 29.1 Å². The van der Waals surface area contributed by atoms with Gasteiger partial charge in [-0.05, 0) is 32.9 Å². The Labute approximate surface area is 99.6 Å². The molecule has 0 spiro atoms. The minimum atomic E-state index is -0.0784. The Hall–Kier alpha value is -1.84. The van der Waals surface area contributed by atoms with Gasteiger partial charge >= 0.3 is 0 Å². The summed E-state index contributed by atoms with van der Waals surface area (Å²) >= 11 is 0. The van der Waals surface area contributed by atoms with Crippen LogP contribution in [0.5, 0.6) is 0 Å². The van der Waals surface area contributed by atoms with Gasteiger partial charge in [0.2, 0.25) is 5.62 Å². The van der Waals surface area contributed by atoms with Crippen LogP contribution in [0.1, 0.15) is 26.8 Å². The van der Waals surface area contributed by atoms with Crippen molar-refractivity contribution in [1.82, 2.24) is 9.13 Å². The van der Waals surface area contributed by atoms with Gasteiger partial charge in [0.05, 0.1) is 10.9 Å². The van der Waals surface area contributed by atoms with Crippen molar-refractivity contribution < 1.29 is 0 Å². The molecule has 0 atom stereocenters. The Morgan fingerprint density at radius 3 is 2.53 bits per heavy atom. The molecule has 90 valence electrons. The third kappa shape index (κ3) is 1.69. The summed E-state index contributed by atoms with van der Waals surface area (Å²) in [4.78, 5) is 12.3. The number of rotatable bonds is 2. The summed E-state index contributed by atoms with van der Waals surface area (Å²) in [6.07, 6.45) is 0. The van der Waals surface area contributed by atoms with E-state index in [0.29, 0.717) is 11.9 Å². The number of aryl methyl sites for hydroxylation is 1. The SMILES string of the molecule is CCn1c(=N)n(C(C)C)c(=O)c2ccccc21. The summed E-state index contributed by atoms with van der Waals surface area (Å²) in [5.74, 6) is 0. The van der Waals surface area contributed by atoms with E-state index in [1.165, 1.54) is 4.57 Å². The van der Waals surface area contributed by atoms with Crippen molar-refractivity contribution in [3.05, 3.63) is 40.2 Å². The van der Waals surface area contributed by atoms with E-state index >= 15 is 0 Å². The summed E-state index contributed by atoms with van der Waals surface area (Å²) in [6.45, 7) is 6.52. The molecule has 0 aliphatic carbocycles. The fraction of sp³-hybridized carbons (Fsp3) is 0.385. The zero-order valence-electron chi connectivity index (χ0n) is 10.4. The van der Waals surface area contributed by atoms with Crippen LogP contribution >= 0.6 is 0 Å². The Kier molecular flexibility index (Phi) is 2.88. The number of nitrogens with zero attached hydrogens (tertiary/aromatic N) is 2. The molecule has 0 bridgehead atoms. The van der Waals surface area contributed by atoms with Crippen LogP contribution in [0.25, 0.3) is 10.9 Å². The van der Waals surface area contributed by atoms with Crippen LogP contribution in [-0.4, -0.2) is 9.13 Å². The van der Waals surface area contributed by atoms with Crippen LogP contribution in [-0.2, 0) is 6.54 Å². The predicted molar refractivity (Wildman–Crippen MR) is 68.1 cm³/mol. The summed E-state index contributed by atoms with van der Waals surface area (Å²) in [7, 11) is 0. The number of fused-ring (bicyclic) bond motifs is 1. The van der Waals surface area contributed by atoms with Crippen LogP contribution in [0.2, 0.25) is 0 Å². The van der Waals surface area contributed by atoms with Gasteiger partial charge in [-0.1, -0.05) is 12.1 Å². The highest BCUT2D eigenvalue weighted by Crippen LogP contribution is 2.08. The molecule has 0 fully saturated rings. The number of hydrogen-bond acceptors (Lipinski definition) is 2. The first-order valence-corrected chi connectivity index (χ1v) is 5.86. The molecule has 17 heavy (non-hydrogen) atoms. The third-order valence-electron chi connectivity index (χ3n) is 2.96. The normalized spacial score (nSPS) is 11.3. The first-order valence-electron chi connectivity index (χ1n) is 5.86. The summed E-state index contributed by atoms with van der Waals surface area (Å²) in [5.41, 5.74) is 1.03. The fourth-order valence-electron chi connectivity index (χ4n) is 2.16. The first-order chi connectivity index (χ1) is 8.07. The van der Waals surface area contributed by atoms with E-state index in [2.05, 4.69) is 0 Å². The first kappa shape index (κ1) is 11.6. The van der Waals surface area contributed by atoms with E-state index < -0.39 is 0 Å². The van der Waals surface area contributed by atoms with E-state index in [1.807, 2.05) is 49.6 Å². The molecule has 2 aromatic rings. The van der Waals surface area contributed by atoms with Crippen LogP contribution < -0.4 is 11.2 Å². The maximum absolute atomic E-state index is 12.3. The maximum atomic E-state index is 12.3. The zero-order valence-corrected chi connectivity index (χ0v) is 10.4. The van der Waals surface area contributed by atoms with Gasteiger partial charge in [0.15, 0.2) is 0 Å². The van der Waals surface area contributed by atoms with E-state index in [0.717, 1.165) is 5.52 Å². The summed E-state index contributed by atoms with van der Waals surface area (Å²) in [5, 5.41) is 8.81. The van der Waals surface area contributed by atoms with Crippen molar-refractivity contribution in [2.75, 3.05) is 0 Å². The number of para-hydroxylation sites is 1. The molecule has 1 heterocycles. The molecular formula is C13H17N3O. The molecule has 0 unspecified atom stereocenters. The van der Waals surface area contributed by atoms with Gasteiger partial charge in [-0.3, -0.25) is 14.8 Å². The number of nitrogens with one attached hydrogen (secondary N) is 1.